The maximum atomic E-state index is 12.0. The van der Waals surface area contributed by atoms with Crippen LogP contribution in [-0.4, -0.2) is 37.1 Å². The lowest BCUT2D eigenvalue weighted by Crippen LogP contribution is -2.36. The van der Waals surface area contributed by atoms with Gasteiger partial charge in [0.25, 0.3) is 0 Å². The maximum Gasteiger partial charge on any atom is 0.236 e. The molecule has 10 nitrogen and oxygen atoms in total. The van der Waals surface area contributed by atoms with Crippen LogP contribution in [0.3, 0.4) is 0 Å². The Hall–Kier alpha value is -3.70. The minimum atomic E-state index is -2.75. The monoisotopic (exact) mass is 584 g/mol. The molecule has 40 heavy (non-hydrogen) atoms. The zero-order valence-corrected chi connectivity index (χ0v) is 24.9. The van der Waals surface area contributed by atoms with Crippen LogP contribution in [0, 0.1) is 0 Å². The number of aryl methyl sites for hydroxylation is 1. The van der Waals surface area contributed by atoms with Crippen LogP contribution >= 0.6 is 11.6 Å². The third kappa shape index (κ3) is 5.90. The van der Waals surface area contributed by atoms with Gasteiger partial charge in [-0.1, -0.05) is 43.6 Å². The highest BCUT2D eigenvalue weighted by atomic mass is 35.5. The Kier molecular flexibility index (Phi) is 8.36. The van der Waals surface area contributed by atoms with Gasteiger partial charge in [0.2, 0.25) is 11.9 Å². The molecule has 0 saturated carbocycles. The number of fused-ring (bicyclic) bond motifs is 1. The van der Waals surface area contributed by atoms with E-state index in [1.807, 2.05) is 12.1 Å². The summed E-state index contributed by atoms with van der Waals surface area (Å²) in [6.45, 7) is 8.85. The number of hydrazone groups is 1. The predicted octanol–water partition coefficient (Wildman–Crippen LogP) is 5.19. The summed E-state index contributed by atoms with van der Waals surface area (Å²) in [4.78, 5) is 20.4. The van der Waals surface area contributed by atoms with Crippen molar-refractivity contribution in [1.82, 2.24) is 15.4 Å². The van der Waals surface area contributed by atoms with Gasteiger partial charge in [-0.15, -0.1) is 0 Å². The van der Waals surface area contributed by atoms with E-state index < -0.39 is 20.9 Å². The number of amides is 1. The maximum absolute atomic E-state index is 12.0. The number of anilines is 4. The number of para-hydroxylation sites is 1. The van der Waals surface area contributed by atoms with Crippen LogP contribution in [0.15, 0.2) is 47.7 Å². The summed E-state index contributed by atoms with van der Waals surface area (Å²) in [6.07, 6.45) is 2.93. The quantitative estimate of drug-likeness (QED) is 0.210. The Bertz CT molecular complexity index is 1560. The van der Waals surface area contributed by atoms with Gasteiger partial charge in [-0.2, -0.15) is 10.1 Å². The van der Waals surface area contributed by atoms with Crippen molar-refractivity contribution in [2.75, 3.05) is 17.7 Å². The minimum Gasteiger partial charge on any atom is -0.495 e. The Morgan fingerprint density at radius 2 is 1.85 bits per heavy atom. The van der Waals surface area contributed by atoms with Crippen molar-refractivity contribution in [2.45, 2.75) is 57.6 Å². The van der Waals surface area contributed by atoms with Crippen LogP contribution < -0.4 is 20.8 Å². The first kappa shape index (κ1) is 29.3. The standard InChI is InChI=1S/C28H33ClN6O4S/c1-16(36)34-35-24-12-11-17-13-23(39-6)22(14-19(17)27(24,2)3)32-26-30-15-20(29)25(33-26)31-21-10-8-7-9-18(21)28(4,5)40(37)38/h7-10,13-15,40H,11-12H2,1-6H3,(H,34,36)(H2,30,31,32,33)/b35-24+. The molecule has 0 saturated heterocycles. The van der Waals surface area contributed by atoms with E-state index in [0.717, 1.165) is 23.3 Å². The van der Waals surface area contributed by atoms with Crippen LogP contribution in [0.5, 0.6) is 5.75 Å². The fourth-order valence-corrected chi connectivity index (χ4v) is 5.26. The summed E-state index contributed by atoms with van der Waals surface area (Å²) in [7, 11) is -1.15. The third-order valence-corrected chi connectivity index (χ3v) is 8.52. The number of carbonyl (C=O) groups excluding carboxylic acids is 1. The van der Waals surface area contributed by atoms with Crippen LogP contribution in [-0.2, 0) is 32.1 Å². The first-order valence-electron chi connectivity index (χ1n) is 12.7. The molecule has 0 spiro atoms. The van der Waals surface area contributed by atoms with E-state index in [1.54, 1.807) is 45.2 Å². The van der Waals surface area contributed by atoms with Gasteiger partial charge in [-0.3, -0.25) is 4.79 Å². The molecule has 1 aliphatic carbocycles. The number of nitrogens with zero attached hydrogens (tertiary/aromatic N) is 3. The van der Waals surface area contributed by atoms with Crippen LogP contribution in [0.1, 0.15) is 57.7 Å². The number of halogens is 1. The number of carbonyl (C=O) groups is 1. The first-order chi connectivity index (χ1) is 18.8. The van der Waals surface area contributed by atoms with Crippen molar-refractivity contribution < 1.29 is 17.9 Å². The number of benzene rings is 2. The Morgan fingerprint density at radius 1 is 1.12 bits per heavy atom. The molecule has 0 atom stereocenters. The molecule has 212 valence electrons. The van der Waals surface area contributed by atoms with Gasteiger partial charge in [0.1, 0.15) is 21.5 Å². The van der Waals surface area contributed by atoms with Crippen LogP contribution in [0.2, 0.25) is 5.02 Å². The second-order valence-electron chi connectivity index (χ2n) is 10.6. The molecular weight excluding hydrogens is 552 g/mol. The fraction of sp³-hybridized carbons (Fsp3) is 0.357. The van der Waals surface area contributed by atoms with Gasteiger partial charge in [-0.05, 0) is 61.6 Å². The molecule has 3 N–H and O–H groups in total. The second kappa shape index (κ2) is 11.4. The number of methoxy groups -OCH3 is 1. The van der Waals surface area contributed by atoms with Gasteiger partial charge in [0.05, 0.1) is 23.7 Å². The highest BCUT2D eigenvalue weighted by molar-refractivity contribution is 7.73. The van der Waals surface area contributed by atoms with Crippen molar-refractivity contribution in [3.05, 3.63) is 64.3 Å². The fourth-order valence-electron chi connectivity index (χ4n) is 4.73. The Labute approximate surface area is 240 Å². The van der Waals surface area contributed by atoms with Crippen molar-refractivity contribution in [3.8, 4) is 5.75 Å². The van der Waals surface area contributed by atoms with E-state index in [9.17, 15) is 13.2 Å². The van der Waals surface area contributed by atoms with Crippen molar-refractivity contribution in [2.24, 2.45) is 5.10 Å². The predicted molar refractivity (Wildman–Crippen MR) is 159 cm³/mol. The smallest absolute Gasteiger partial charge is 0.236 e. The van der Waals surface area contributed by atoms with Crippen LogP contribution in [0.25, 0.3) is 0 Å². The molecule has 2 aromatic carbocycles. The minimum absolute atomic E-state index is 0.219. The van der Waals surface area contributed by atoms with Crippen molar-refractivity contribution in [1.29, 1.82) is 0 Å². The topological polar surface area (TPSA) is 135 Å². The largest absolute Gasteiger partial charge is 0.495 e. The van der Waals surface area contributed by atoms with Crippen LogP contribution in [0.4, 0.5) is 23.1 Å². The van der Waals surface area contributed by atoms with Gasteiger partial charge in [0, 0.05) is 23.7 Å². The summed E-state index contributed by atoms with van der Waals surface area (Å²) in [5.41, 5.74) is 6.98. The molecule has 1 aliphatic rings. The third-order valence-electron chi connectivity index (χ3n) is 7.09. The highest BCUT2D eigenvalue weighted by Gasteiger charge is 2.35. The molecule has 0 aliphatic heterocycles. The number of rotatable bonds is 8. The molecule has 3 aromatic rings. The molecule has 0 unspecified atom stereocenters. The average Bonchev–Trinajstić information content (AvgIpc) is 2.90. The van der Waals surface area contributed by atoms with E-state index >= 15 is 0 Å². The summed E-state index contributed by atoms with van der Waals surface area (Å²) in [5, 5.41) is 11.0. The molecule has 0 bridgehead atoms. The number of thiol groups is 1. The van der Waals surface area contributed by atoms with E-state index in [4.69, 9.17) is 16.3 Å². The van der Waals surface area contributed by atoms with Gasteiger partial charge >= 0.3 is 0 Å². The number of nitrogens with one attached hydrogen (secondary N) is 3. The Morgan fingerprint density at radius 3 is 2.52 bits per heavy atom. The number of ether oxygens (including phenoxy) is 1. The van der Waals surface area contributed by atoms with Gasteiger partial charge < -0.3 is 15.4 Å². The summed E-state index contributed by atoms with van der Waals surface area (Å²) in [6, 6.07) is 11.1. The van der Waals surface area contributed by atoms with Crippen molar-refractivity contribution >= 4 is 57.1 Å². The molecule has 1 amide bonds. The lowest BCUT2D eigenvalue weighted by molar-refractivity contribution is -0.118. The van der Waals surface area contributed by atoms with E-state index in [0.29, 0.717) is 34.9 Å². The number of hydrogen-bond acceptors (Lipinski definition) is 9. The summed E-state index contributed by atoms with van der Waals surface area (Å²) in [5.74, 6) is 0.975. The lowest BCUT2D eigenvalue weighted by Gasteiger charge is -2.35. The van der Waals surface area contributed by atoms with E-state index in [1.165, 1.54) is 13.1 Å². The number of aromatic nitrogens is 2. The van der Waals surface area contributed by atoms with Crippen molar-refractivity contribution in [3.63, 3.8) is 0 Å². The average molecular weight is 585 g/mol. The van der Waals surface area contributed by atoms with E-state index in [2.05, 4.69) is 45.0 Å². The second-order valence-corrected chi connectivity index (χ2v) is 12.6. The highest BCUT2D eigenvalue weighted by Crippen LogP contribution is 2.41. The molecular formula is C28H33ClN6O4S. The molecule has 4 rings (SSSR count). The molecule has 0 fully saturated rings. The number of hydrogen-bond donors (Lipinski definition) is 4. The Balaban J connectivity index is 1.69. The van der Waals surface area contributed by atoms with E-state index in [-0.39, 0.29) is 16.9 Å². The molecule has 0 radical (unpaired) electrons. The molecule has 12 heteroatoms. The SMILES string of the molecule is COc1cc2c(cc1Nc1ncc(Cl)c(Nc3ccccc3C(C)(C)[SH](=O)=O)n1)C(C)(C)/C(=N/NC(C)=O)CC2. The summed E-state index contributed by atoms with van der Waals surface area (Å²) < 4.78 is 28.5. The zero-order chi connectivity index (χ0) is 29.2. The normalized spacial score (nSPS) is 15.4. The lowest BCUT2D eigenvalue weighted by atomic mass is 9.71. The molecule has 1 aromatic heterocycles. The molecule has 1 heterocycles. The summed E-state index contributed by atoms with van der Waals surface area (Å²) >= 11 is 6.43. The zero-order valence-electron chi connectivity index (χ0n) is 23.3. The first-order valence-corrected chi connectivity index (χ1v) is 14.3. The van der Waals surface area contributed by atoms with Gasteiger partial charge in [0.15, 0.2) is 5.82 Å². The van der Waals surface area contributed by atoms with Gasteiger partial charge in [-0.25, -0.2) is 18.8 Å².